The maximum Gasteiger partial charge on any atom is 0.389 e. The van der Waals surface area contributed by atoms with Gasteiger partial charge in [0.25, 0.3) is 11.8 Å². The molecule has 90 heavy (non-hydrogen) atoms. The fraction of sp³-hybridized carbons (Fsp3) is 0.519. The van der Waals surface area contributed by atoms with Gasteiger partial charge in [-0.15, -0.1) is 80.4 Å². The highest BCUT2D eigenvalue weighted by atomic mass is 35.5. The molecule has 488 valence electrons. The van der Waals surface area contributed by atoms with Crippen LogP contribution in [0.25, 0.3) is 39.5 Å². The number of thiazole rings is 2. The van der Waals surface area contributed by atoms with E-state index in [0.717, 1.165) is 64.4 Å². The summed E-state index contributed by atoms with van der Waals surface area (Å²) in [6, 6.07) is 9.02. The van der Waals surface area contributed by atoms with E-state index in [-0.39, 0.29) is 112 Å². The molecule has 23 nitrogen and oxygen atoms in total. The van der Waals surface area contributed by atoms with Gasteiger partial charge in [0.05, 0.1) is 55.0 Å². The normalized spacial score (nSPS) is 21.8. The van der Waals surface area contributed by atoms with Gasteiger partial charge < -0.3 is 55.5 Å². The number of fused-ring (bicyclic) bond motifs is 4. The van der Waals surface area contributed by atoms with Crippen LogP contribution in [0.1, 0.15) is 122 Å². The van der Waals surface area contributed by atoms with Gasteiger partial charge in [0.15, 0.2) is 22.7 Å². The highest BCUT2D eigenvalue weighted by molar-refractivity contribution is 7.80. The molecule has 8 N–H and O–H groups in total. The van der Waals surface area contributed by atoms with Crippen LogP contribution in [0.4, 0.5) is 8.78 Å². The van der Waals surface area contributed by atoms with Crippen LogP contribution in [0.2, 0.25) is 0 Å². The Hall–Kier alpha value is -4.41. The van der Waals surface area contributed by atoms with Crippen molar-refractivity contribution < 1.29 is 60.3 Å². The second-order valence-corrected chi connectivity index (χ2v) is 32.8. The molecule has 2 aliphatic heterocycles. The second-order valence-electron chi connectivity index (χ2n) is 21.3. The van der Waals surface area contributed by atoms with Crippen molar-refractivity contribution in [3.63, 3.8) is 0 Å². The van der Waals surface area contributed by atoms with Gasteiger partial charge in [-0.3, -0.25) is 28.3 Å². The average molecular weight is 1450 g/mol. The van der Waals surface area contributed by atoms with Crippen LogP contribution in [-0.2, 0) is 49.9 Å². The first-order chi connectivity index (χ1) is 42.6. The molecule has 0 bridgehead atoms. The minimum atomic E-state index is -3.77. The topological polar surface area (TPSA) is 312 Å². The Bertz CT molecular complexity index is 3940. The molecule has 2 aliphatic carbocycles. The highest BCUT2D eigenvalue weighted by Crippen LogP contribution is 2.50. The number of carboxylic acids is 1. The number of thiocarbonyl (C=S) groups is 2. The number of nitrogens with two attached hydrogens (primary N) is 2. The molecule has 4 fully saturated rings. The average Bonchev–Trinajstić information content (AvgIpc) is 1.63. The Balaban J connectivity index is 0.000000176. The number of hydrogen-bond acceptors (Lipinski definition) is 23. The number of thiophene rings is 4. The molecule has 12 rings (SSSR count). The molecular formula is C54H67ClF2N12O11P2S8. The van der Waals surface area contributed by atoms with E-state index >= 15 is 0 Å². The zero-order chi connectivity index (χ0) is 63.5. The molecule has 2 saturated heterocycles. The molecule has 4 unspecified atom stereocenters. The number of amides is 3. The number of likely N-dealkylation sites (tertiary alicyclic amines) is 1. The van der Waals surface area contributed by atoms with Gasteiger partial charge in [0.1, 0.15) is 34.8 Å². The highest BCUT2D eigenvalue weighted by Gasteiger charge is 2.41. The van der Waals surface area contributed by atoms with E-state index in [4.69, 9.17) is 59.1 Å². The lowest BCUT2D eigenvalue weighted by molar-refractivity contribution is -0.138. The van der Waals surface area contributed by atoms with E-state index in [1.165, 1.54) is 44.6 Å². The maximum atomic E-state index is 14.8. The van der Waals surface area contributed by atoms with Gasteiger partial charge in [-0.05, 0) is 113 Å². The van der Waals surface area contributed by atoms with Crippen molar-refractivity contribution >= 4 is 203 Å². The lowest BCUT2D eigenvalue weighted by atomic mass is 10.1. The van der Waals surface area contributed by atoms with E-state index in [1.807, 2.05) is 34.0 Å². The lowest BCUT2D eigenvalue weighted by Crippen LogP contribution is -2.48. The number of halogens is 3. The Kier molecular flexibility index (Phi) is 23.6. The monoisotopic (exact) mass is 1450 g/mol. The standard InChI is InChI=1S/C27H32FN6O5PS4.C16H19FN2S3.C11H15N4O6PS.ClH/c1-3-38-40(37,39-4-2)27-31-25-23(44-27)22(24(29)36)32-34(25)13-21(35)33-12-15(28)10-17(33)26(41)30-16-6-5-14(9-16)19-11-20-18(43-19)7-8-42-20;17-10-6-12(18-8-10)16(20)19-11-2-1-9(5-11)14-7-15-13(22-14)3-4-21-15;1-3-20-22(19,21-4-2)11-13-10-8(23-11)7(9(12)18)14-15(10)5-6(16)17;/h7-8,11,14-17H,3-6,9-10,12-13H2,1-2H3,(H2,29,36)(H,30,41);3-4,7,9-12,18H,1-2,5-6,8H2,(H,19,20);3-5H2,1-2H3,(H2,12,18)(H,16,17);1H/t14?,15-,16?,17+;9?,10-,11?,12+;;/m11../s1. The molecule has 8 aromatic rings. The molecular weight excluding hydrogens is 1380 g/mol. The summed E-state index contributed by atoms with van der Waals surface area (Å²) in [6.45, 7) is 6.63. The van der Waals surface area contributed by atoms with E-state index < -0.39 is 63.8 Å². The fourth-order valence-electron chi connectivity index (χ4n) is 11.3. The summed E-state index contributed by atoms with van der Waals surface area (Å²) in [6.07, 6.45) is 5.06. The van der Waals surface area contributed by atoms with Crippen molar-refractivity contribution in [2.45, 2.75) is 140 Å². The summed E-state index contributed by atoms with van der Waals surface area (Å²) in [7, 11) is -7.41. The Morgan fingerprint density at radius 2 is 1.14 bits per heavy atom. The van der Waals surface area contributed by atoms with Crippen LogP contribution in [-0.4, -0.2) is 149 Å². The van der Waals surface area contributed by atoms with E-state index in [0.29, 0.717) is 35.8 Å². The number of primary amides is 2. The summed E-state index contributed by atoms with van der Waals surface area (Å²) in [5.41, 5.74) is 10.8. The summed E-state index contributed by atoms with van der Waals surface area (Å²) in [5, 5.41) is 31.3. The molecule has 0 spiro atoms. The predicted octanol–water partition coefficient (Wildman–Crippen LogP) is 10.2. The van der Waals surface area contributed by atoms with E-state index in [1.54, 1.807) is 39.0 Å². The fourth-order valence-corrected chi connectivity index (χ4v) is 22.6. The second kappa shape index (κ2) is 30.3. The van der Waals surface area contributed by atoms with Crippen molar-refractivity contribution in [2.24, 2.45) is 11.5 Å². The number of alkyl halides is 2. The number of rotatable bonds is 22. The first-order valence-corrected chi connectivity index (χ1v) is 37.7. The van der Waals surface area contributed by atoms with Gasteiger partial charge in [-0.2, -0.15) is 10.2 Å². The lowest BCUT2D eigenvalue weighted by Gasteiger charge is -2.27. The SMILES string of the molecule is CCOP(=O)(OCC)c1nc2c(s1)c(C(N)=O)nn2CC(=O)N1C[C@H](F)C[C@H]1C(=S)NC1CCC(c2cc3sccc3s2)C1.CCOP(=O)(OCC)c1nc2c(s1)c(C(N)=O)nn2CC(=O)O.Cl.F[C@H]1CN[C@H](C(=S)NC2CCC(c3cc4sccc4s3)C2)C1. The van der Waals surface area contributed by atoms with Gasteiger partial charge in [-0.1, -0.05) is 24.4 Å². The van der Waals surface area contributed by atoms with Crippen molar-refractivity contribution in [1.82, 2.24) is 50.4 Å². The van der Waals surface area contributed by atoms with Gasteiger partial charge in [0, 0.05) is 60.0 Å². The third-order valence-corrected chi connectivity index (χ3v) is 27.6. The summed E-state index contributed by atoms with van der Waals surface area (Å²) >= 11 is 20.4. The van der Waals surface area contributed by atoms with Crippen LogP contribution in [0.5, 0.6) is 0 Å². The third-order valence-electron chi connectivity index (χ3n) is 15.2. The summed E-state index contributed by atoms with van der Waals surface area (Å²) in [4.78, 5) is 62.3. The number of carbonyl (C=O) groups excluding carboxylic acids is 3. The van der Waals surface area contributed by atoms with Crippen molar-refractivity contribution in [3.05, 3.63) is 56.2 Å². The number of carbonyl (C=O) groups is 4. The minimum absolute atomic E-state index is 0. The van der Waals surface area contributed by atoms with Gasteiger partial charge in [-0.25, -0.2) is 28.1 Å². The number of hydrogen-bond donors (Lipinski definition) is 6. The zero-order valence-corrected chi connectivity index (χ0v) is 58.2. The predicted molar refractivity (Wildman–Crippen MR) is 362 cm³/mol. The number of aromatic nitrogens is 6. The molecule has 2 saturated carbocycles. The Labute approximate surface area is 556 Å². The molecule has 4 aliphatic rings. The quantitative estimate of drug-likeness (QED) is 0.0271. The molecule has 8 aromatic heterocycles. The first-order valence-electron chi connectivity index (χ1n) is 28.8. The number of nitrogens with zero attached hydrogens (tertiary/aromatic N) is 7. The van der Waals surface area contributed by atoms with Crippen LogP contribution in [0, 0.1) is 0 Å². The van der Waals surface area contributed by atoms with Crippen LogP contribution < -0.4 is 36.9 Å². The van der Waals surface area contributed by atoms with Crippen LogP contribution in [0.3, 0.4) is 0 Å². The largest absolute Gasteiger partial charge is 0.480 e. The van der Waals surface area contributed by atoms with Crippen LogP contribution >= 0.6 is 120 Å². The number of carboxylic acid groups (broad SMARTS) is 1. The number of nitrogens with one attached hydrogen (secondary N) is 3. The van der Waals surface area contributed by atoms with Crippen LogP contribution in [0.15, 0.2) is 35.0 Å². The van der Waals surface area contributed by atoms with Crippen molar-refractivity contribution in [1.29, 1.82) is 0 Å². The zero-order valence-electron chi connectivity index (χ0n) is 49.0. The molecule has 36 heteroatoms. The minimum Gasteiger partial charge on any atom is -0.480 e. The molecule has 10 heterocycles. The Morgan fingerprint density at radius 3 is 1.57 bits per heavy atom. The summed E-state index contributed by atoms with van der Waals surface area (Å²) in [5.74, 6) is -2.18. The maximum absolute atomic E-state index is 14.8. The van der Waals surface area contributed by atoms with Gasteiger partial charge in [0.2, 0.25) is 15.4 Å². The van der Waals surface area contributed by atoms with Crippen molar-refractivity contribution in [3.8, 4) is 0 Å². The van der Waals surface area contributed by atoms with E-state index in [2.05, 4.69) is 71.1 Å². The van der Waals surface area contributed by atoms with Gasteiger partial charge >= 0.3 is 21.2 Å². The van der Waals surface area contributed by atoms with E-state index in [9.17, 15) is 37.1 Å². The third kappa shape index (κ3) is 15.7. The summed E-state index contributed by atoms with van der Waals surface area (Å²) < 4.78 is 83.6. The molecule has 0 radical (unpaired) electrons. The van der Waals surface area contributed by atoms with Crippen molar-refractivity contribution in [2.75, 3.05) is 39.5 Å². The molecule has 0 aromatic carbocycles. The number of aliphatic carboxylic acids is 1. The Morgan fingerprint density at radius 1 is 0.678 bits per heavy atom. The molecule has 3 amide bonds. The molecule has 8 atom stereocenters. The smallest absolute Gasteiger partial charge is 0.389 e. The first kappa shape index (κ1) is 69.9.